The first kappa shape index (κ1) is 28.6. The van der Waals surface area contributed by atoms with Crippen molar-refractivity contribution in [2.45, 2.75) is 46.3 Å². The Hall–Kier alpha value is -2.95. The van der Waals surface area contributed by atoms with Gasteiger partial charge in [0.05, 0.1) is 8.07 Å². The molecule has 0 aliphatic rings. The van der Waals surface area contributed by atoms with Crippen molar-refractivity contribution in [1.29, 1.82) is 0 Å². The van der Waals surface area contributed by atoms with E-state index in [0.717, 1.165) is 33.6 Å². The third kappa shape index (κ3) is 6.67. The monoisotopic (exact) mass is 736 g/mol. The van der Waals surface area contributed by atoms with Crippen LogP contribution in [-0.2, 0) is 20.1 Å². The topological polar surface area (TPSA) is 25.8 Å². The summed E-state index contributed by atoms with van der Waals surface area (Å²) in [6.07, 6.45) is 3.82. The van der Waals surface area contributed by atoms with Gasteiger partial charge in [0.25, 0.3) is 0 Å². The number of hydrogen-bond acceptors (Lipinski definition) is 3. The number of pyridine rings is 2. The second-order valence-corrected chi connectivity index (χ2v) is 17.2. The van der Waals surface area contributed by atoms with Crippen LogP contribution in [0.4, 0.5) is 0 Å². The molecule has 0 aliphatic carbocycles. The molecule has 3 aromatic heterocycles. The third-order valence-electron chi connectivity index (χ3n) is 6.75. The second-order valence-electron chi connectivity index (χ2n) is 11.1. The van der Waals surface area contributed by atoms with Gasteiger partial charge in [0.15, 0.2) is 0 Å². The molecule has 0 spiro atoms. The zero-order valence-corrected chi connectivity index (χ0v) is 28.0. The van der Waals surface area contributed by atoms with Crippen molar-refractivity contribution in [3.63, 3.8) is 0 Å². The van der Waals surface area contributed by atoms with Crippen LogP contribution >= 0.6 is 11.3 Å². The number of rotatable bonds is 4. The number of fused-ring (bicyclic) bond motifs is 3. The zero-order valence-electron chi connectivity index (χ0n) is 24.8. The van der Waals surface area contributed by atoms with E-state index in [0.29, 0.717) is 0 Å². The number of thiophene rings is 1. The van der Waals surface area contributed by atoms with Crippen LogP contribution in [0.25, 0.3) is 42.7 Å². The Morgan fingerprint density at radius 2 is 1.65 bits per heavy atom. The predicted octanol–water partition coefficient (Wildman–Crippen LogP) is 9.44. The van der Waals surface area contributed by atoms with Crippen molar-refractivity contribution in [2.24, 2.45) is 0 Å². The van der Waals surface area contributed by atoms with E-state index in [9.17, 15) is 0 Å². The van der Waals surface area contributed by atoms with Gasteiger partial charge < -0.3 is 9.97 Å². The van der Waals surface area contributed by atoms with Crippen LogP contribution in [0.5, 0.6) is 0 Å². The fourth-order valence-corrected chi connectivity index (χ4v) is 6.74. The Bertz CT molecular complexity index is 1770. The van der Waals surface area contributed by atoms with Crippen molar-refractivity contribution in [1.82, 2.24) is 9.97 Å². The molecule has 2 nitrogen and oxygen atoms in total. The molecule has 6 rings (SSSR count). The van der Waals surface area contributed by atoms with Crippen LogP contribution in [0.15, 0.2) is 91.3 Å². The first-order valence-corrected chi connectivity index (χ1v) is 17.6. The van der Waals surface area contributed by atoms with Crippen LogP contribution in [-0.4, -0.2) is 18.0 Å². The summed E-state index contributed by atoms with van der Waals surface area (Å²) in [6, 6.07) is 33.6. The molecule has 40 heavy (non-hydrogen) atoms. The standard InChI is InChI=1S/C21H18NS.C14H16NSi.Ir/c1-13(2)15-8-9-22-19(12-15)18-11-14(3)10-17-16-6-4-5-7-20(16)23-21(17)18;1-16(2,3)13-9-10-14(15-11-13)12-7-5-4-6-8-12;/h4-10,12-13H,1-3H3;4-7,9-11H,1-3H3;/q2*-1;/i13D;;. The molecular formula is C35H34IrN2SSi-2. The second kappa shape index (κ2) is 12.7. The van der Waals surface area contributed by atoms with Gasteiger partial charge in [0, 0.05) is 38.6 Å². The molecule has 3 aromatic carbocycles. The molecule has 0 bridgehead atoms. The van der Waals surface area contributed by atoms with E-state index in [2.05, 4.69) is 91.1 Å². The molecule has 0 fully saturated rings. The molecule has 0 aliphatic heterocycles. The maximum atomic E-state index is 8.29. The van der Waals surface area contributed by atoms with Gasteiger partial charge in [-0.05, 0) is 44.7 Å². The minimum Gasteiger partial charge on any atom is -0.305 e. The molecule has 6 aromatic rings. The SMILES string of the molecule is C[Si](C)(C)c1ccc(-c2[c-]cccc2)nc1.[2H]C(C)(C)c1ccnc(-c2[c-]c(C)cc3c2sc2ccccc23)c1.[Ir]. The van der Waals surface area contributed by atoms with E-state index in [1.807, 2.05) is 56.4 Å². The summed E-state index contributed by atoms with van der Waals surface area (Å²) >= 11 is 1.79. The summed E-state index contributed by atoms with van der Waals surface area (Å²) in [7, 11) is -1.23. The third-order valence-corrected chi connectivity index (χ3v) is 9.98. The van der Waals surface area contributed by atoms with Crippen molar-refractivity contribution in [2.75, 3.05) is 0 Å². The minimum atomic E-state index is -1.23. The number of nitrogens with zero attached hydrogens (tertiary/aromatic N) is 2. The predicted molar refractivity (Wildman–Crippen MR) is 172 cm³/mol. The van der Waals surface area contributed by atoms with Crippen LogP contribution < -0.4 is 5.19 Å². The molecule has 0 unspecified atom stereocenters. The van der Waals surface area contributed by atoms with Crippen LogP contribution in [0, 0.1) is 19.1 Å². The van der Waals surface area contributed by atoms with Gasteiger partial charge in [-0.15, -0.1) is 59.2 Å². The Morgan fingerprint density at radius 1 is 0.875 bits per heavy atom. The maximum absolute atomic E-state index is 8.29. The molecular weight excluding hydrogens is 701 g/mol. The van der Waals surface area contributed by atoms with Gasteiger partial charge in [-0.3, -0.25) is 0 Å². The van der Waals surface area contributed by atoms with Gasteiger partial charge in [-0.1, -0.05) is 87.8 Å². The number of benzene rings is 3. The summed E-state index contributed by atoms with van der Waals surface area (Å²) in [5.74, 6) is -0.638. The molecule has 205 valence electrons. The Kier molecular flexibility index (Phi) is 9.07. The Balaban J connectivity index is 0.000000200. The fourth-order valence-electron chi connectivity index (χ4n) is 4.51. The number of aryl methyl sites for hydroxylation is 1. The molecule has 5 heteroatoms. The van der Waals surface area contributed by atoms with E-state index in [4.69, 9.17) is 1.37 Å². The first-order valence-electron chi connectivity index (χ1n) is 13.8. The molecule has 0 saturated carbocycles. The minimum absolute atomic E-state index is 0. The van der Waals surface area contributed by atoms with E-state index in [-0.39, 0.29) is 20.1 Å². The van der Waals surface area contributed by atoms with Crippen LogP contribution in [0.2, 0.25) is 19.6 Å². The normalized spacial score (nSPS) is 11.9. The summed E-state index contributed by atoms with van der Waals surface area (Å²) in [6.45, 7) is 12.9. The van der Waals surface area contributed by atoms with Gasteiger partial charge in [-0.2, -0.15) is 11.3 Å². The Morgan fingerprint density at radius 3 is 2.33 bits per heavy atom. The van der Waals surface area contributed by atoms with E-state index < -0.39 is 14.0 Å². The summed E-state index contributed by atoms with van der Waals surface area (Å²) in [5, 5.41) is 3.94. The van der Waals surface area contributed by atoms with E-state index in [1.165, 1.54) is 25.4 Å². The summed E-state index contributed by atoms with van der Waals surface area (Å²) < 4.78 is 10.8. The van der Waals surface area contributed by atoms with Crippen molar-refractivity contribution >= 4 is 44.8 Å². The summed E-state index contributed by atoms with van der Waals surface area (Å²) in [4.78, 5) is 9.10. The molecule has 0 atom stereocenters. The molecule has 0 saturated heterocycles. The summed E-state index contributed by atoms with van der Waals surface area (Å²) in [5.41, 5.74) is 6.08. The van der Waals surface area contributed by atoms with Crippen molar-refractivity contribution < 1.29 is 21.5 Å². The van der Waals surface area contributed by atoms with E-state index >= 15 is 0 Å². The molecule has 3 heterocycles. The average Bonchev–Trinajstić information content (AvgIpc) is 3.31. The first-order chi connectivity index (χ1) is 19.0. The molecule has 0 amide bonds. The van der Waals surface area contributed by atoms with Gasteiger partial charge in [-0.25, -0.2) is 0 Å². The van der Waals surface area contributed by atoms with Crippen LogP contribution in [0.1, 0.15) is 32.2 Å². The Labute approximate surface area is 258 Å². The quantitative estimate of drug-likeness (QED) is 0.133. The number of aromatic nitrogens is 2. The van der Waals surface area contributed by atoms with Gasteiger partial charge in [0.2, 0.25) is 0 Å². The van der Waals surface area contributed by atoms with Crippen molar-refractivity contribution in [3.8, 4) is 22.5 Å². The zero-order chi connectivity index (χ0) is 28.5. The van der Waals surface area contributed by atoms with Gasteiger partial charge in [0.1, 0.15) is 0 Å². The molecule has 1 radical (unpaired) electrons. The largest absolute Gasteiger partial charge is 0.305 e. The average molecular weight is 736 g/mol. The maximum Gasteiger partial charge on any atom is 0.0795 e. The molecule has 0 N–H and O–H groups in total. The van der Waals surface area contributed by atoms with Gasteiger partial charge >= 0.3 is 0 Å². The van der Waals surface area contributed by atoms with Crippen LogP contribution in [0.3, 0.4) is 0 Å². The number of hydrogen-bond donors (Lipinski definition) is 0. The van der Waals surface area contributed by atoms with E-state index in [1.54, 1.807) is 17.5 Å². The van der Waals surface area contributed by atoms with Crippen molar-refractivity contribution in [3.05, 3.63) is 115 Å². The fraction of sp³-hybridized carbons (Fsp3) is 0.200. The smallest absolute Gasteiger partial charge is 0.0795 e.